The predicted molar refractivity (Wildman–Crippen MR) is 118 cm³/mol. The molecule has 154 valence electrons. The van der Waals surface area contributed by atoms with Gasteiger partial charge in [0.2, 0.25) is 10.0 Å². The number of hydrogen-bond acceptors (Lipinski definition) is 4. The van der Waals surface area contributed by atoms with Gasteiger partial charge in [-0.25, -0.2) is 8.42 Å². The van der Waals surface area contributed by atoms with Gasteiger partial charge in [-0.15, -0.1) is 0 Å². The number of fused-ring (bicyclic) bond motifs is 1. The first kappa shape index (κ1) is 20.0. The molecule has 7 heteroatoms. The maximum atomic E-state index is 12.7. The molecule has 3 aromatic rings. The monoisotopic (exact) mass is 422 g/mol. The van der Waals surface area contributed by atoms with E-state index >= 15 is 0 Å². The van der Waals surface area contributed by atoms with Crippen LogP contribution in [0.1, 0.15) is 22.8 Å². The van der Waals surface area contributed by atoms with Crippen molar-refractivity contribution >= 4 is 27.3 Å². The number of benzene rings is 3. The quantitative estimate of drug-likeness (QED) is 0.659. The summed E-state index contributed by atoms with van der Waals surface area (Å²) < 4.78 is 31.3. The van der Waals surface area contributed by atoms with Gasteiger partial charge >= 0.3 is 0 Å². The van der Waals surface area contributed by atoms with Gasteiger partial charge in [0.05, 0.1) is 11.9 Å². The zero-order chi connectivity index (χ0) is 21.3. The van der Waals surface area contributed by atoms with Crippen molar-refractivity contribution in [2.24, 2.45) is 0 Å². The topological polar surface area (TPSA) is 75.7 Å². The van der Waals surface area contributed by atoms with Gasteiger partial charge in [-0.3, -0.25) is 9.10 Å². The van der Waals surface area contributed by atoms with Crippen LogP contribution >= 0.6 is 0 Å². The van der Waals surface area contributed by atoms with Crippen LogP contribution in [0.25, 0.3) is 0 Å². The highest BCUT2D eigenvalue weighted by Crippen LogP contribution is 2.35. The van der Waals surface area contributed by atoms with Crippen molar-refractivity contribution < 1.29 is 17.9 Å². The lowest BCUT2D eigenvalue weighted by Crippen LogP contribution is -2.34. The van der Waals surface area contributed by atoms with Crippen LogP contribution in [0.3, 0.4) is 0 Å². The second-order valence-corrected chi connectivity index (χ2v) is 9.21. The highest BCUT2D eigenvalue weighted by atomic mass is 32.2. The van der Waals surface area contributed by atoms with Crippen molar-refractivity contribution in [3.8, 4) is 11.5 Å². The van der Waals surface area contributed by atoms with Crippen molar-refractivity contribution in [1.29, 1.82) is 0 Å². The van der Waals surface area contributed by atoms with Gasteiger partial charge in [0, 0.05) is 17.3 Å². The number of carbonyl (C=O) groups excluding carboxylic acids is 1. The van der Waals surface area contributed by atoms with Gasteiger partial charge in [-0.2, -0.15) is 0 Å². The van der Waals surface area contributed by atoms with E-state index in [4.69, 9.17) is 4.74 Å². The first-order valence-corrected chi connectivity index (χ1v) is 11.4. The molecule has 0 bridgehead atoms. The number of amides is 1. The molecule has 0 radical (unpaired) electrons. The Bertz CT molecular complexity index is 1180. The number of rotatable bonds is 5. The van der Waals surface area contributed by atoms with E-state index < -0.39 is 10.0 Å². The van der Waals surface area contributed by atoms with Gasteiger partial charge in [-0.1, -0.05) is 18.2 Å². The minimum atomic E-state index is -3.35. The molecule has 0 spiro atoms. The zero-order valence-corrected chi connectivity index (χ0v) is 17.5. The molecule has 3 aromatic carbocycles. The molecule has 4 rings (SSSR count). The molecule has 0 aliphatic carbocycles. The predicted octanol–water partition coefficient (Wildman–Crippen LogP) is 4.44. The molecule has 6 nitrogen and oxygen atoms in total. The number of carbonyl (C=O) groups is 1. The summed E-state index contributed by atoms with van der Waals surface area (Å²) >= 11 is 0. The first-order valence-electron chi connectivity index (χ1n) is 9.58. The Hall–Kier alpha value is -3.32. The summed E-state index contributed by atoms with van der Waals surface area (Å²) in [4.78, 5) is 12.7. The molecule has 1 amide bonds. The summed E-state index contributed by atoms with van der Waals surface area (Å²) in [6, 6.07) is 21.5. The number of sulfonamides is 1. The maximum Gasteiger partial charge on any atom is 0.255 e. The Morgan fingerprint density at radius 2 is 1.67 bits per heavy atom. The third kappa shape index (κ3) is 4.16. The number of nitrogens with one attached hydrogen (secondary N) is 1. The Balaban J connectivity index is 1.46. The molecule has 1 atom stereocenters. The van der Waals surface area contributed by atoms with Crippen LogP contribution < -0.4 is 14.4 Å². The van der Waals surface area contributed by atoms with E-state index in [-0.39, 0.29) is 11.9 Å². The summed E-state index contributed by atoms with van der Waals surface area (Å²) in [6.45, 7) is 1.86. The second-order valence-electron chi connectivity index (χ2n) is 7.35. The number of hydrogen-bond donors (Lipinski definition) is 1. The molecule has 1 heterocycles. The summed E-state index contributed by atoms with van der Waals surface area (Å²) in [5.41, 5.74) is 2.63. The SMILES string of the molecule is C[C@@H]1Cc2cc(C(=O)Nc3ccc(Oc4ccccc4)cc3)ccc2N1S(C)(=O)=O. The lowest BCUT2D eigenvalue weighted by Gasteiger charge is -2.21. The van der Waals surface area contributed by atoms with Gasteiger partial charge < -0.3 is 10.1 Å². The van der Waals surface area contributed by atoms with Gasteiger partial charge in [-0.05, 0) is 73.5 Å². The van der Waals surface area contributed by atoms with Crippen molar-refractivity contribution in [2.45, 2.75) is 19.4 Å². The normalized spacial score (nSPS) is 15.5. The number of ether oxygens (including phenoxy) is 1. The van der Waals surface area contributed by atoms with E-state index in [1.54, 1.807) is 42.5 Å². The number of anilines is 2. The second kappa shape index (κ2) is 7.84. The summed E-state index contributed by atoms with van der Waals surface area (Å²) in [5, 5.41) is 2.87. The standard InChI is InChI=1S/C23H22N2O4S/c1-16-14-18-15-17(8-13-22(18)25(16)30(2,27)28)23(26)24-19-9-11-21(12-10-19)29-20-6-4-3-5-7-20/h3-13,15-16H,14H2,1-2H3,(H,24,26)/t16-/m1/s1. The fourth-order valence-electron chi connectivity index (χ4n) is 3.68. The average molecular weight is 423 g/mol. The third-order valence-electron chi connectivity index (χ3n) is 4.94. The largest absolute Gasteiger partial charge is 0.457 e. The van der Waals surface area contributed by atoms with Crippen LogP contribution in [0.4, 0.5) is 11.4 Å². The zero-order valence-electron chi connectivity index (χ0n) is 16.7. The molecule has 30 heavy (non-hydrogen) atoms. The van der Waals surface area contributed by atoms with E-state index in [1.165, 1.54) is 10.6 Å². The molecule has 1 aliphatic heterocycles. The van der Waals surface area contributed by atoms with Crippen LogP contribution in [0.2, 0.25) is 0 Å². The van der Waals surface area contributed by atoms with Gasteiger partial charge in [0.1, 0.15) is 11.5 Å². The van der Waals surface area contributed by atoms with Crippen molar-refractivity contribution in [2.75, 3.05) is 15.9 Å². The van der Waals surface area contributed by atoms with Crippen molar-refractivity contribution in [1.82, 2.24) is 0 Å². The Morgan fingerprint density at radius 1 is 1.00 bits per heavy atom. The Kier molecular flexibility index (Phi) is 5.22. The summed E-state index contributed by atoms with van der Waals surface area (Å²) in [5.74, 6) is 1.16. The van der Waals surface area contributed by atoms with Crippen molar-refractivity contribution in [3.05, 3.63) is 83.9 Å². The van der Waals surface area contributed by atoms with Crippen LogP contribution in [0, 0.1) is 0 Å². The van der Waals surface area contributed by atoms with Crippen LogP contribution in [-0.2, 0) is 16.4 Å². The van der Waals surface area contributed by atoms with Gasteiger partial charge in [0.25, 0.3) is 5.91 Å². The van der Waals surface area contributed by atoms with E-state index in [9.17, 15) is 13.2 Å². The smallest absolute Gasteiger partial charge is 0.255 e. The van der Waals surface area contributed by atoms with Crippen molar-refractivity contribution in [3.63, 3.8) is 0 Å². The van der Waals surface area contributed by atoms with Crippen LogP contribution in [0.15, 0.2) is 72.8 Å². The molecular weight excluding hydrogens is 400 g/mol. The highest BCUT2D eigenvalue weighted by Gasteiger charge is 2.32. The molecule has 1 aliphatic rings. The molecule has 0 unspecified atom stereocenters. The fourth-order valence-corrected chi connectivity index (χ4v) is 4.95. The lowest BCUT2D eigenvalue weighted by atomic mass is 10.1. The van der Waals surface area contributed by atoms with Crippen LogP contribution in [-0.4, -0.2) is 26.6 Å². The third-order valence-corrected chi connectivity index (χ3v) is 6.21. The number of nitrogens with zero attached hydrogens (tertiary/aromatic N) is 1. The molecule has 0 aromatic heterocycles. The molecule has 0 fully saturated rings. The fraction of sp³-hybridized carbons (Fsp3) is 0.174. The Morgan fingerprint density at radius 3 is 2.33 bits per heavy atom. The van der Waals surface area contributed by atoms with Crippen LogP contribution in [0.5, 0.6) is 11.5 Å². The van der Waals surface area contributed by atoms with Gasteiger partial charge in [0.15, 0.2) is 0 Å². The van der Waals surface area contributed by atoms with E-state index in [1.807, 2.05) is 37.3 Å². The minimum absolute atomic E-state index is 0.162. The summed E-state index contributed by atoms with van der Waals surface area (Å²) in [7, 11) is -3.35. The highest BCUT2D eigenvalue weighted by molar-refractivity contribution is 7.92. The first-order chi connectivity index (χ1) is 14.3. The Labute approximate surface area is 176 Å². The van der Waals surface area contributed by atoms with E-state index in [2.05, 4.69) is 5.32 Å². The lowest BCUT2D eigenvalue weighted by molar-refractivity contribution is 0.102. The minimum Gasteiger partial charge on any atom is -0.457 e. The summed E-state index contributed by atoms with van der Waals surface area (Å²) in [6.07, 6.45) is 1.78. The molecule has 0 saturated carbocycles. The number of para-hydroxylation sites is 1. The van der Waals surface area contributed by atoms with E-state index in [0.717, 1.165) is 11.3 Å². The average Bonchev–Trinajstić information content (AvgIpc) is 3.05. The van der Waals surface area contributed by atoms with E-state index in [0.29, 0.717) is 29.1 Å². The molecular formula is C23H22N2O4S. The maximum absolute atomic E-state index is 12.7. The molecule has 0 saturated heterocycles. The molecule has 1 N–H and O–H groups in total.